The molecule has 2 atom stereocenters. The van der Waals surface area contributed by atoms with Gasteiger partial charge in [-0.2, -0.15) is 0 Å². The Bertz CT molecular complexity index is 470. The second-order valence-electron chi connectivity index (χ2n) is 5.88. The van der Waals surface area contributed by atoms with E-state index < -0.39 is 9.84 Å². The molecule has 0 aromatic heterocycles. The third kappa shape index (κ3) is 1.95. The fraction of sp³-hybridized carbons (Fsp3) is 0.917. The molecule has 0 aromatic rings. The zero-order valence-corrected chi connectivity index (χ0v) is 11.5. The van der Waals surface area contributed by atoms with E-state index in [-0.39, 0.29) is 35.0 Å². The summed E-state index contributed by atoms with van der Waals surface area (Å²) in [5, 5.41) is 3.41. The largest absolute Gasteiger partial charge is 0.325 e. The molecule has 0 aromatic carbocycles. The molecule has 2 aliphatic heterocycles. The van der Waals surface area contributed by atoms with Crippen molar-refractivity contribution in [3.63, 3.8) is 0 Å². The van der Waals surface area contributed by atoms with Gasteiger partial charge in [0.05, 0.1) is 23.2 Å². The first-order valence-electron chi connectivity index (χ1n) is 6.75. The Hall–Kier alpha value is -0.620. The Balaban J connectivity index is 1.70. The van der Waals surface area contributed by atoms with Gasteiger partial charge in [0.2, 0.25) is 5.91 Å². The van der Waals surface area contributed by atoms with Crippen molar-refractivity contribution >= 4 is 15.7 Å². The zero-order chi connectivity index (χ0) is 13.0. The molecular weight excluding hydrogens is 252 g/mol. The number of carbonyl (C=O) groups is 1. The summed E-state index contributed by atoms with van der Waals surface area (Å²) in [5.41, 5.74) is -0.280. The van der Waals surface area contributed by atoms with E-state index in [9.17, 15) is 13.2 Å². The van der Waals surface area contributed by atoms with Crippen molar-refractivity contribution < 1.29 is 13.2 Å². The summed E-state index contributed by atoms with van der Waals surface area (Å²) in [7, 11) is -2.85. The van der Waals surface area contributed by atoms with Crippen LogP contribution in [0.25, 0.3) is 0 Å². The van der Waals surface area contributed by atoms with E-state index in [0.717, 1.165) is 19.3 Å². The van der Waals surface area contributed by atoms with Gasteiger partial charge in [0.1, 0.15) is 0 Å². The highest BCUT2D eigenvalue weighted by molar-refractivity contribution is 7.91. The third-order valence-corrected chi connectivity index (χ3v) is 6.24. The molecule has 2 heterocycles. The minimum Gasteiger partial charge on any atom is -0.325 e. The Labute approximate surface area is 108 Å². The smallest absolute Gasteiger partial charge is 0.244 e. The molecule has 1 saturated carbocycles. The van der Waals surface area contributed by atoms with Crippen LogP contribution in [0.2, 0.25) is 0 Å². The minimum atomic E-state index is -2.85. The van der Waals surface area contributed by atoms with E-state index in [0.29, 0.717) is 13.0 Å². The number of nitrogens with zero attached hydrogens (tertiary/aromatic N) is 1. The zero-order valence-electron chi connectivity index (χ0n) is 10.7. The lowest BCUT2D eigenvalue weighted by Gasteiger charge is -2.25. The number of amides is 1. The number of sulfone groups is 1. The molecular formula is C12H20N2O3S. The normalized spacial score (nSPS) is 36.5. The molecule has 1 spiro atoms. The Morgan fingerprint density at radius 3 is 2.67 bits per heavy atom. The van der Waals surface area contributed by atoms with E-state index in [2.05, 4.69) is 12.2 Å². The maximum atomic E-state index is 12.3. The van der Waals surface area contributed by atoms with Crippen LogP contribution in [0.1, 0.15) is 32.6 Å². The Kier molecular flexibility index (Phi) is 2.71. The summed E-state index contributed by atoms with van der Waals surface area (Å²) in [5.74, 6) is 0.859. The standard InChI is InChI=1S/C12H20N2O3S/c1-2-10-13-12(4-5-12)11(15)14(10)7-9-3-6-18(16,17)8-9/h9-10,13H,2-8H2,1H3. The van der Waals surface area contributed by atoms with Gasteiger partial charge < -0.3 is 4.90 Å². The average molecular weight is 272 g/mol. The second-order valence-corrected chi connectivity index (χ2v) is 8.11. The molecule has 18 heavy (non-hydrogen) atoms. The molecule has 3 rings (SSSR count). The number of hydrogen-bond donors (Lipinski definition) is 1. The maximum Gasteiger partial charge on any atom is 0.244 e. The Morgan fingerprint density at radius 2 is 2.17 bits per heavy atom. The van der Waals surface area contributed by atoms with E-state index in [1.807, 2.05) is 4.90 Å². The summed E-state index contributed by atoms with van der Waals surface area (Å²) < 4.78 is 22.9. The molecule has 6 heteroatoms. The number of carbonyl (C=O) groups excluding carboxylic acids is 1. The lowest BCUT2D eigenvalue weighted by molar-refractivity contribution is -0.131. The molecule has 3 aliphatic rings. The van der Waals surface area contributed by atoms with E-state index in [1.165, 1.54) is 0 Å². The van der Waals surface area contributed by atoms with Crippen LogP contribution in [-0.4, -0.2) is 49.0 Å². The van der Waals surface area contributed by atoms with Crippen molar-refractivity contribution in [1.29, 1.82) is 0 Å². The first kappa shape index (κ1) is 12.4. The highest BCUT2D eigenvalue weighted by Gasteiger charge is 2.58. The molecule has 2 saturated heterocycles. The van der Waals surface area contributed by atoms with Gasteiger partial charge in [-0.05, 0) is 31.6 Å². The minimum absolute atomic E-state index is 0.100. The first-order chi connectivity index (χ1) is 8.46. The fourth-order valence-electron chi connectivity index (χ4n) is 3.18. The maximum absolute atomic E-state index is 12.3. The molecule has 0 radical (unpaired) electrons. The summed E-state index contributed by atoms with van der Waals surface area (Å²) in [4.78, 5) is 14.2. The van der Waals surface area contributed by atoms with Crippen molar-refractivity contribution in [2.45, 2.75) is 44.3 Å². The lowest BCUT2D eigenvalue weighted by atomic mass is 10.1. The molecule has 1 amide bonds. The average Bonchev–Trinajstić information content (AvgIpc) is 2.95. The van der Waals surface area contributed by atoms with Crippen molar-refractivity contribution in [2.75, 3.05) is 18.1 Å². The van der Waals surface area contributed by atoms with Crippen LogP contribution < -0.4 is 5.32 Å². The van der Waals surface area contributed by atoms with Crippen LogP contribution >= 0.6 is 0 Å². The molecule has 102 valence electrons. The third-order valence-electron chi connectivity index (χ3n) is 4.41. The van der Waals surface area contributed by atoms with Gasteiger partial charge in [0, 0.05) is 6.54 Å². The quantitative estimate of drug-likeness (QED) is 0.792. The van der Waals surface area contributed by atoms with Crippen molar-refractivity contribution in [3.05, 3.63) is 0 Å². The first-order valence-corrected chi connectivity index (χ1v) is 8.57. The SMILES string of the molecule is CCC1NC2(CC2)C(=O)N1CC1CCS(=O)(=O)C1. The van der Waals surface area contributed by atoms with Gasteiger partial charge in [-0.1, -0.05) is 6.92 Å². The number of rotatable bonds is 3. The van der Waals surface area contributed by atoms with Gasteiger partial charge in [-0.25, -0.2) is 8.42 Å². The number of nitrogens with one attached hydrogen (secondary N) is 1. The van der Waals surface area contributed by atoms with Gasteiger partial charge in [0.25, 0.3) is 0 Å². The predicted octanol–water partition coefficient (Wildman–Crippen LogP) is 0.122. The Morgan fingerprint density at radius 1 is 1.44 bits per heavy atom. The fourth-order valence-corrected chi connectivity index (χ4v) is 5.03. The van der Waals surface area contributed by atoms with Crippen molar-refractivity contribution in [1.82, 2.24) is 10.2 Å². The lowest BCUT2D eigenvalue weighted by Crippen LogP contribution is -2.40. The van der Waals surface area contributed by atoms with E-state index in [1.54, 1.807) is 0 Å². The van der Waals surface area contributed by atoms with Gasteiger partial charge in [-0.3, -0.25) is 10.1 Å². The van der Waals surface area contributed by atoms with Crippen LogP contribution in [0.4, 0.5) is 0 Å². The molecule has 1 aliphatic carbocycles. The van der Waals surface area contributed by atoms with Crippen LogP contribution in [0.5, 0.6) is 0 Å². The molecule has 1 N–H and O–H groups in total. The van der Waals surface area contributed by atoms with Crippen molar-refractivity contribution in [3.8, 4) is 0 Å². The molecule has 5 nitrogen and oxygen atoms in total. The monoisotopic (exact) mass is 272 g/mol. The second kappa shape index (κ2) is 3.93. The van der Waals surface area contributed by atoms with Crippen LogP contribution in [0.15, 0.2) is 0 Å². The summed E-state index contributed by atoms with van der Waals surface area (Å²) in [6.45, 7) is 2.66. The summed E-state index contributed by atoms with van der Waals surface area (Å²) in [6.07, 6.45) is 3.55. The summed E-state index contributed by atoms with van der Waals surface area (Å²) in [6, 6.07) is 0. The van der Waals surface area contributed by atoms with Crippen LogP contribution in [-0.2, 0) is 14.6 Å². The highest BCUT2D eigenvalue weighted by atomic mass is 32.2. The number of hydrogen-bond acceptors (Lipinski definition) is 4. The van der Waals surface area contributed by atoms with E-state index in [4.69, 9.17) is 0 Å². The predicted molar refractivity (Wildman–Crippen MR) is 67.7 cm³/mol. The van der Waals surface area contributed by atoms with Gasteiger partial charge in [0.15, 0.2) is 9.84 Å². The summed E-state index contributed by atoms with van der Waals surface area (Å²) >= 11 is 0. The highest BCUT2D eigenvalue weighted by Crippen LogP contribution is 2.43. The van der Waals surface area contributed by atoms with Crippen molar-refractivity contribution in [2.24, 2.45) is 5.92 Å². The topological polar surface area (TPSA) is 66.5 Å². The van der Waals surface area contributed by atoms with Gasteiger partial charge in [-0.15, -0.1) is 0 Å². The van der Waals surface area contributed by atoms with Gasteiger partial charge >= 0.3 is 0 Å². The molecule has 3 fully saturated rings. The molecule has 2 unspecified atom stereocenters. The van der Waals surface area contributed by atoms with Crippen LogP contribution in [0.3, 0.4) is 0 Å². The molecule has 0 bridgehead atoms. The van der Waals surface area contributed by atoms with E-state index >= 15 is 0 Å². The van der Waals surface area contributed by atoms with Crippen LogP contribution in [0, 0.1) is 5.92 Å².